The predicted octanol–water partition coefficient (Wildman–Crippen LogP) is -1.12. The highest BCUT2D eigenvalue weighted by Crippen LogP contribution is 2.39. The number of aromatic hydroxyl groups is 4. The van der Waals surface area contributed by atoms with E-state index in [0.717, 1.165) is 31.2 Å². The minimum atomic E-state index is -1.96. The maximum absolute atomic E-state index is 13.6. The fraction of sp³-hybridized carbons (Fsp3) is 0.448. The molecule has 3 aromatic rings. The van der Waals surface area contributed by atoms with E-state index in [1.807, 2.05) is 0 Å². The number of rotatable bonds is 7. The van der Waals surface area contributed by atoms with Crippen molar-refractivity contribution in [3.05, 3.63) is 40.6 Å². The van der Waals surface area contributed by atoms with E-state index >= 15 is 0 Å². The zero-order chi connectivity index (χ0) is 33.6. The molecule has 2 saturated heterocycles. The van der Waals surface area contributed by atoms with Crippen molar-refractivity contribution in [1.82, 2.24) is 0 Å². The van der Waals surface area contributed by atoms with Crippen molar-refractivity contribution in [1.29, 1.82) is 0 Å². The van der Waals surface area contributed by atoms with Gasteiger partial charge in [0, 0.05) is 24.6 Å². The third-order valence-electron chi connectivity index (χ3n) is 7.58. The van der Waals surface area contributed by atoms with Crippen molar-refractivity contribution in [3.8, 4) is 40.1 Å². The third kappa shape index (κ3) is 6.26. The lowest BCUT2D eigenvalue weighted by Crippen LogP contribution is -2.64. The lowest BCUT2D eigenvalue weighted by molar-refractivity contribution is -0.349. The van der Waals surface area contributed by atoms with E-state index in [1.165, 1.54) is 13.0 Å². The Hall–Kier alpha value is -4.20. The Morgan fingerprint density at radius 1 is 0.826 bits per heavy atom. The third-order valence-corrected chi connectivity index (χ3v) is 7.58. The summed E-state index contributed by atoms with van der Waals surface area (Å²) in [7, 11) is 0. The van der Waals surface area contributed by atoms with Crippen LogP contribution >= 0.6 is 0 Å². The molecule has 0 radical (unpaired) electrons. The number of benzene rings is 2. The van der Waals surface area contributed by atoms with Gasteiger partial charge in [0.1, 0.15) is 71.8 Å². The molecule has 9 N–H and O–H groups in total. The van der Waals surface area contributed by atoms with Crippen molar-refractivity contribution in [2.75, 3.05) is 6.61 Å². The van der Waals surface area contributed by atoms with E-state index in [0.29, 0.717) is 0 Å². The van der Waals surface area contributed by atoms with Gasteiger partial charge in [-0.1, -0.05) is 0 Å². The highest BCUT2D eigenvalue weighted by atomic mass is 16.7. The minimum Gasteiger partial charge on any atom is -0.508 e. The zero-order valence-electron chi connectivity index (χ0n) is 24.2. The normalized spacial score (nSPS) is 31.5. The Kier molecular flexibility index (Phi) is 9.30. The van der Waals surface area contributed by atoms with Crippen LogP contribution in [0.2, 0.25) is 0 Å². The van der Waals surface area contributed by atoms with E-state index in [1.54, 1.807) is 0 Å². The molecule has 2 fully saturated rings. The van der Waals surface area contributed by atoms with Crippen LogP contribution in [0.1, 0.15) is 13.8 Å². The average molecular weight is 653 g/mol. The van der Waals surface area contributed by atoms with Gasteiger partial charge < -0.3 is 74.1 Å². The Bertz CT molecular complexity index is 1650. The second-order valence-electron chi connectivity index (χ2n) is 10.9. The van der Waals surface area contributed by atoms with Gasteiger partial charge in [0.2, 0.25) is 17.5 Å². The van der Waals surface area contributed by atoms with E-state index < -0.39 is 114 Å². The van der Waals surface area contributed by atoms with Crippen LogP contribution in [0.5, 0.6) is 28.7 Å². The fourth-order valence-electron chi connectivity index (χ4n) is 5.16. The first-order valence-corrected chi connectivity index (χ1v) is 13.9. The maximum Gasteiger partial charge on any atom is 0.302 e. The van der Waals surface area contributed by atoms with Crippen LogP contribution in [0.25, 0.3) is 22.3 Å². The molecule has 250 valence electrons. The molecular formula is C29H32O17. The molecule has 46 heavy (non-hydrogen) atoms. The topological polar surface area (TPSA) is 275 Å². The number of carbonyl (C=O) groups excluding carboxylic acids is 1. The zero-order valence-corrected chi connectivity index (χ0v) is 24.2. The van der Waals surface area contributed by atoms with E-state index in [4.69, 9.17) is 28.1 Å². The molecule has 1 aromatic heterocycles. The smallest absolute Gasteiger partial charge is 0.302 e. The molecule has 4 unspecified atom stereocenters. The van der Waals surface area contributed by atoms with Gasteiger partial charge in [-0.3, -0.25) is 9.59 Å². The lowest BCUT2D eigenvalue weighted by atomic mass is 9.97. The molecule has 2 aromatic carbocycles. The monoisotopic (exact) mass is 652 g/mol. The average Bonchev–Trinajstić information content (AvgIpc) is 2.99. The highest BCUT2D eigenvalue weighted by molar-refractivity contribution is 5.88. The van der Waals surface area contributed by atoms with Gasteiger partial charge in [-0.05, 0) is 25.1 Å². The summed E-state index contributed by atoms with van der Waals surface area (Å²) in [5.74, 6) is -3.94. The standard InChI is InChI=1S/C29H32O17/c1-9-25(45-29-23(39)21(37)19(35)17(44-29)8-41-10(2)30)22(38)24(40)28(42-9)46-27-20(36)18-15(34)6-12(31)7-16(18)43-26(27)11-3-4-13(32)14(33)5-11/h3-7,9,17,19,21-25,28-29,31-35,37-40H,8H2,1-2H3/t9?,17?,19-,21?,22?,23-,24+,25+,28-,29+/m1/s1. The molecule has 2 aliphatic heterocycles. The molecule has 0 saturated carbocycles. The second-order valence-corrected chi connectivity index (χ2v) is 10.9. The highest BCUT2D eigenvalue weighted by Gasteiger charge is 2.50. The van der Waals surface area contributed by atoms with Gasteiger partial charge in [-0.15, -0.1) is 0 Å². The first-order chi connectivity index (χ1) is 21.7. The van der Waals surface area contributed by atoms with Crippen LogP contribution in [-0.2, 0) is 23.7 Å². The van der Waals surface area contributed by atoms with Crippen LogP contribution in [0.3, 0.4) is 0 Å². The number of carbonyl (C=O) groups is 1. The minimum absolute atomic E-state index is 0.0141. The number of phenolic OH excluding ortho intramolecular Hbond substituents is 4. The fourth-order valence-corrected chi connectivity index (χ4v) is 5.16. The number of ether oxygens (including phenoxy) is 5. The second kappa shape index (κ2) is 12.9. The quantitative estimate of drug-likeness (QED) is 0.108. The number of aliphatic hydroxyl groups is 5. The molecule has 10 atom stereocenters. The summed E-state index contributed by atoms with van der Waals surface area (Å²) < 4.78 is 33.2. The van der Waals surface area contributed by atoms with Gasteiger partial charge in [-0.25, -0.2) is 0 Å². The van der Waals surface area contributed by atoms with Crippen LogP contribution < -0.4 is 10.2 Å². The number of hydrogen-bond donors (Lipinski definition) is 9. The molecule has 2 aliphatic rings. The number of hydrogen-bond acceptors (Lipinski definition) is 17. The van der Waals surface area contributed by atoms with Crippen LogP contribution in [0, 0.1) is 0 Å². The Morgan fingerprint density at radius 3 is 2.20 bits per heavy atom. The van der Waals surface area contributed by atoms with E-state index in [2.05, 4.69) is 0 Å². The van der Waals surface area contributed by atoms with Crippen LogP contribution in [-0.4, -0.2) is 120 Å². The Morgan fingerprint density at radius 2 is 1.52 bits per heavy atom. The van der Waals surface area contributed by atoms with Crippen molar-refractivity contribution in [2.24, 2.45) is 0 Å². The molecule has 17 heteroatoms. The molecule has 5 rings (SSSR count). The lowest BCUT2D eigenvalue weighted by Gasteiger charge is -2.45. The summed E-state index contributed by atoms with van der Waals surface area (Å²) in [5, 5.41) is 92.7. The van der Waals surface area contributed by atoms with Crippen LogP contribution in [0.15, 0.2) is 39.5 Å². The van der Waals surface area contributed by atoms with Gasteiger partial charge in [0.25, 0.3) is 0 Å². The molecule has 0 aliphatic carbocycles. The van der Waals surface area contributed by atoms with Crippen molar-refractivity contribution < 1.29 is 78.9 Å². The Labute approximate surface area is 258 Å². The number of phenols is 4. The first kappa shape index (κ1) is 33.2. The number of fused-ring (bicyclic) bond motifs is 1. The molecule has 0 amide bonds. The van der Waals surface area contributed by atoms with Gasteiger partial charge in [0.15, 0.2) is 23.5 Å². The first-order valence-electron chi connectivity index (χ1n) is 13.9. The predicted molar refractivity (Wildman–Crippen MR) is 150 cm³/mol. The molecular weight excluding hydrogens is 620 g/mol. The summed E-state index contributed by atoms with van der Waals surface area (Å²) in [6, 6.07) is 5.29. The summed E-state index contributed by atoms with van der Waals surface area (Å²) >= 11 is 0. The SMILES string of the molecule is CC(=O)OCC1O[C@@H](O[C@H]2C(C)O[C@H](Oc3c(-c4ccc(O)c(O)c4)oc4cc(O)cc(O)c4c3=O)[C@@H](O)C2O)[C@H](O)C(O)[C@@H]1O. The molecule has 0 bridgehead atoms. The van der Waals surface area contributed by atoms with Gasteiger partial charge in [-0.2, -0.15) is 0 Å². The maximum atomic E-state index is 13.6. The summed E-state index contributed by atoms with van der Waals surface area (Å²) in [4.78, 5) is 24.8. The summed E-state index contributed by atoms with van der Waals surface area (Å²) in [5.41, 5.74) is -1.29. The molecule has 17 nitrogen and oxygen atoms in total. The van der Waals surface area contributed by atoms with Crippen molar-refractivity contribution in [2.45, 2.75) is 75.3 Å². The number of aliphatic hydroxyl groups excluding tert-OH is 5. The summed E-state index contributed by atoms with van der Waals surface area (Å²) in [6.07, 6.45) is -16.6. The number of esters is 1. The molecule has 3 heterocycles. The van der Waals surface area contributed by atoms with E-state index in [9.17, 15) is 55.5 Å². The van der Waals surface area contributed by atoms with E-state index in [-0.39, 0.29) is 16.9 Å². The van der Waals surface area contributed by atoms with Crippen molar-refractivity contribution in [3.63, 3.8) is 0 Å². The van der Waals surface area contributed by atoms with Gasteiger partial charge in [0.05, 0.1) is 6.10 Å². The van der Waals surface area contributed by atoms with Crippen molar-refractivity contribution >= 4 is 16.9 Å². The summed E-state index contributed by atoms with van der Waals surface area (Å²) in [6.45, 7) is 1.99. The molecule has 0 spiro atoms. The van der Waals surface area contributed by atoms with Gasteiger partial charge >= 0.3 is 5.97 Å². The Balaban J connectivity index is 1.43. The largest absolute Gasteiger partial charge is 0.508 e. The van der Waals surface area contributed by atoms with Crippen LogP contribution in [0.4, 0.5) is 0 Å².